The molecule has 198 valence electrons. The zero-order valence-corrected chi connectivity index (χ0v) is 23.7. The van der Waals surface area contributed by atoms with E-state index in [1.807, 2.05) is 19.1 Å². The summed E-state index contributed by atoms with van der Waals surface area (Å²) in [4.78, 5) is 39.0. The first-order valence-corrected chi connectivity index (χ1v) is 13.7. The van der Waals surface area contributed by atoms with Crippen LogP contribution in [-0.4, -0.2) is 35.1 Å². The third-order valence-electron chi connectivity index (χ3n) is 5.47. The van der Waals surface area contributed by atoms with Crippen LogP contribution in [0.5, 0.6) is 11.5 Å². The summed E-state index contributed by atoms with van der Waals surface area (Å²) in [6.45, 7) is 1.96. The van der Waals surface area contributed by atoms with Crippen LogP contribution < -0.4 is 14.8 Å². The number of hydrogen-bond acceptors (Lipinski definition) is 7. The lowest BCUT2D eigenvalue weighted by Crippen LogP contribution is -2.36. The zero-order valence-electron chi connectivity index (χ0n) is 20.6. The van der Waals surface area contributed by atoms with Gasteiger partial charge in [0.05, 0.1) is 28.2 Å². The van der Waals surface area contributed by atoms with Crippen molar-refractivity contribution >= 4 is 68.1 Å². The van der Waals surface area contributed by atoms with Crippen LogP contribution in [0.4, 0.5) is 10.5 Å². The molecule has 0 aromatic heterocycles. The second-order valence-corrected chi connectivity index (χ2v) is 10.4. The maximum Gasteiger partial charge on any atom is 0.294 e. The minimum absolute atomic E-state index is 0.177. The summed E-state index contributed by atoms with van der Waals surface area (Å²) >= 11 is 10.1. The first-order chi connectivity index (χ1) is 18.8. The van der Waals surface area contributed by atoms with Crippen molar-refractivity contribution in [2.75, 3.05) is 18.5 Å². The lowest BCUT2D eigenvalue weighted by atomic mass is 10.1. The van der Waals surface area contributed by atoms with Crippen LogP contribution in [0, 0.1) is 11.3 Å². The zero-order chi connectivity index (χ0) is 27.9. The van der Waals surface area contributed by atoms with Crippen molar-refractivity contribution in [3.05, 3.63) is 91.8 Å². The number of nitrogens with zero attached hydrogens (tertiary/aromatic N) is 2. The van der Waals surface area contributed by atoms with Gasteiger partial charge >= 0.3 is 0 Å². The summed E-state index contributed by atoms with van der Waals surface area (Å²) in [6.07, 6.45) is 1.56. The van der Waals surface area contributed by atoms with E-state index in [4.69, 9.17) is 21.1 Å². The molecule has 39 heavy (non-hydrogen) atoms. The maximum absolute atomic E-state index is 12.9. The number of thioether (sulfide) groups is 1. The highest BCUT2D eigenvalue weighted by molar-refractivity contribution is 9.10. The first-order valence-electron chi connectivity index (χ1n) is 11.7. The van der Waals surface area contributed by atoms with E-state index in [1.54, 1.807) is 54.6 Å². The van der Waals surface area contributed by atoms with Gasteiger partial charge in [0, 0.05) is 15.7 Å². The molecule has 0 aliphatic carbocycles. The van der Waals surface area contributed by atoms with Crippen molar-refractivity contribution in [3.63, 3.8) is 0 Å². The van der Waals surface area contributed by atoms with E-state index >= 15 is 0 Å². The number of nitriles is 1. The average Bonchev–Trinajstić information content (AvgIpc) is 3.17. The van der Waals surface area contributed by atoms with Crippen LogP contribution in [0.1, 0.15) is 23.6 Å². The molecule has 0 bridgehead atoms. The highest BCUT2D eigenvalue weighted by Gasteiger charge is 2.36. The Kier molecular flexibility index (Phi) is 9.30. The highest BCUT2D eigenvalue weighted by Crippen LogP contribution is 2.35. The quantitative estimate of drug-likeness (QED) is 0.266. The number of rotatable bonds is 9. The van der Waals surface area contributed by atoms with Crippen molar-refractivity contribution < 1.29 is 23.9 Å². The Hall–Kier alpha value is -3.78. The van der Waals surface area contributed by atoms with Gasteiger partial charge in [0.1, 0.15) is 13.2 Å². The fraction of sp³-hybridized carbons (Fsp3) is 0.143. The van der Waals surface area contributed by atoms with Crippen LogP contribution in [0.25, 0.3) is 6.08 Å². The molecule has 1 saturated heterocycles. The maximum atomic E-state index is 12.9. The molecule has 0 unspecified atom stereocenters. The first kappa shape index (κ1) is 28.2. The number of nitrogens with one attached hydrogen (secondary N) is 1. The van der Waals surface area contributed by atoms with E-state index in [0.717, 1.165) is 22.2 Å². The Morgan fingerprint density at radius 1 is 1.13 bits per heavy atom. The van der Waals surface area contributed by atoms with Gasteiger partial charge in [-0.2, -0.15) is 5.26 Å². The fourth-order valence-electron chi connectivity index (χ4n) is 3.62. The highest BCUT2D eigenvalue weighted by atomic mass is 79.9. The largest absolute Gasteiger partial charge is 0.490 e. The standard InChI is InChI=1S/C28H21BrClN3O5S/c1-2-37-24-11-17(7-10-23(24)38-16-19-6-4-3-5-18(19)14-31)12-25-27(35)33(28(36)39-25)15-26(34)32-20-8-9-21(29)22(30)13-20/h3-13H,2,15-16H2,1H3,(H,32,34)/b25-12+. The lowest BCUT2D eigenvalue weighted by molar-refractivity contribution is -0.127. The number of imide groups is 1. The molecule has 0 saturated carbocycles. The SMILES string of the molecule is CCOc1cc(/C=C2/SC(=O)N(CC(=O)Nc3ccc(Br)c(Cl)c3)C2=O)ccc1OCc1ccccc1C#N. The van der Waals surface area contributed by atoms with E-state index < -0.39 is 23.6 Å². The molecule has 1 N–H and O–H groups in total. The number of carbonyl (C=O) groups excluding carboxylic acids is 3. The Balaban J connectivity index is 1.46. The lowest BCUT2D eigenvalue weighted by Gasteiger charge is -2.14. The van der Waals surface area contributed by atoms with E-state index in [2.05, 4.69) is 27.3 Å². The number of amides is 3. The molecule has 0 spiro atoms. The second kappa shape index (κ2) is 12.8. The number of halogens is 2. The number of benzene rings is 3. The van der Waals surface area contributed by atoms with Crippen LogP contribution in [0.2, 0.25) is 5.02 Å². The van der Waals surface area contributed by atoms with E-state index in [-0.39, 0.29) is 11.5 Å². The van der Waals surface area contributed by atoms with Gasteiger partial charge in [-0.25, -0.2) is 0 Å². The summed E-state index contributed by atoms with van der Waals surface area (Å²) < 4.78 is 12.3. The third-order valence-corrected chi connectivity index (χ3v) is 7.60. The van der Waals surface area contributed by atoms with Gasteiger partial charge in [-0.3, -0.25) is 19.3 Å². The molecule has 3 aromatic rings. The Morgan fingerprint density at radius 2 is 1.92 bits per heavy atom. The smallest absolute Gasteiger partial charge is 0.294 e. The molecule has 0 radical (unpaired) electrons. The molecular weight excluding hydrogens is 606 g/mol. The molecule has 8 nitrogen and oxygen atoms in total. The van der Waals surface area contributed by atoms with Gasteiger partial charge in [-0.05, 0) is 82.7 Å². The van der Waals surface area contributed by atoms with Gasteiger partial charge in [0.25, 0.3) is 11.1 Å². The Labute approximate surface area is 242 Å². The molecule has 4 rings (SSSR count). The van der Waals surface area contributed by atoms with Crippen molar-refractivity contribution in [1.82, 2.24) is 4.90 Å². The molecule has 1 aliphatic rings. The summed E-state index contributed by atoms with van der Waals surface area (Å²) in [6, 6.07) is 19.3. The number of hydrogen-bond donors (Lipinski definition) is 1. The molecule has 1 heterocycles. The van der Waals surface area contributed by atoms with Gasteiger partial charge < -0.3 is 14.8 Å². The number of anilines is 1. The molecule has 0 atom stereocenters. The minimum atomic E-state index is -0.569. The summed E-state index contributed by atoms with van der Waals surface area (Å²) in [5, 5.41) is 11.8. The normalized spacial score (nSPS) is 13.9. The summed E-state index contributed by atoms with van der Waals surface area (Å²) in [7, 11) is 0. The molecule has 3 amide bonds. The van der Waals surface area contributed by atoms with Crippen LogP contribution in [-0.2, 0) is 16.2 Å². The predicted molar refractivity (Wildman–Crippen MR) is 154 cm³/mol. The fourth-order valence-corrected chi connectivity index (χ4v) is 4.88. The van der Waals surface area contributed by atoms with Crippen LogP contribution in [0.3, 0.4) is 0 Å². The van der Waals surface area contributed by atoms with Gasteiger partial charge in [0.15, 0.2) is 11.5 Å². The van der Waals surface area contributed by atoms with Gasteiger partial charge in [0.2, 0.25) is 5.91 Å². The molecular formula is C28H21BrClN3O5S. The van der Waals surface area contributed by atoms with Crippen molar-refractivity contribution in [2.24, 2.45) is 0 Å². The molecule has 11 heteroatoms. The molecule has 3 aromatic carbocycles. The van der Waals surface area contributed by atoms with Crippen LogP contribution >= 0.6 is 39.3 Å². The van der Waals surface area contributed by atoms with Crippen LogP contribution in [0.15, 0.2) is 70.0 Å². The number of ether oxygens (including phenoxy) is 2. The topological polar surface area (TPSA) is 109 Å². The van der Waals surface area contributed by atoms with Crippen molar-refractivity contribution in [1.29, 1.82) is 5.26 Å². The van der Waals surface area contributed by atoms with E-state index in [1.165, 1.54) is 0 Å². The van der Waals surface area contributed by atoms with Gasteiger partial charge in [-0.15, -0.1) is 0 Å². The predicted octanol–water partition coefficient (Wildman–Crippen LogP) is 6.63. The average molecular weight is 627 g/mol. The van der Waals surface area contributed by atoms with E-state index in [9.17, 15) is 19.6 Å². The molecule has 1 aliphatic heterocycles. The van der Waals surface area contributed by atoms with Crippen molar-refractivity contribution in [3.8, 4) is 17.6 Å². The summed E-state index contributed by atoms with van der Waals surface area (Å²) in [5.41, 5.74) is 2.32. The summed E-state index contributed by atoms with van der Waals surface area (Å²) in [5.74, 6) is -0.178. The second-order valence-electron chi connectivity index (χ2n) is 8.14. The number of carbonyl (C=O) groups is 3. The van der Waals surface area contributed by atoms with Gasteiger partial charge in [-0.1, -0.05) is 35.9 Å². The molecule has 1 fully saturated rings. The minimum Gasteiger partial charge on any atom is -0.490 e. The Bertz CT molecular complexity index is 1520. The monoisotopic (exact) mass is 625 g/mol. The van der Waals surface area contributed by atoms with E-state index in [0.29, 0.717) is 44.4 Å². The Morgan fingerprint density at radius 3 is 2.67 bits per heavy atom. The van der Waals surface area contributed by atoms with Crippen molar-refractivity contribution in [2.45, 2.75) is 13.5 Å². The third kappa shape index (κ3) is 7.00.